The zero-order valence-corrected chi connectivity index (χ0v) is 10.2. The third-order valence-electron chi connectivity index (χ3n) is 2.26. The second kappa shape index (κ2) is 4.23. The SMILES string of the molecule is C[Si](C)(C)c1cc(B(O)O)c(F)c(F)c1F. The number of benzene rings is 1. The van der Waals surface area contributed by atoms with Crippen LogP contribution in [0.4, 0.5) is 13.2 Å². The number of hydrogen-bond acceptors (Lipinski definition) is 2. The van der Waals surface area contributed by atoms with Crippen molar-refractivity contribution in [1.82, 2.24) is 0 Å². The smallest absolute Gasteiger partial charge is 0.423 e. The highest BCUT2D eigenvalue weighted by Gasteiger charge is 2.30. The molecule has 0 spiro atoms. The van der Waals surface area contributed by atoms with Gasteiger partial charge >= 0.3 is 7.12 Å². The fourth-order valence-electron chi connectivity index (χ4n) is 1.36. The van der Waals surface area contributed by atoms with Gasteiger partial charge in [-0.05, 0) is 5.19 Å². The number of hydrogen-bond donors (Lipinski definition) is 2. The molecule has 0 saturated carbocycles. The van der Waals surface area contributed by atoms with Crippen LogP contribution in [-0.2, 0) is 0 Å². The molecule has 16 heavy (non-hydrogen) atoms. The van der Waals surface area contributed by atoms with E-state index in [-0.39, 0.29) is 5.19 Å². The highest BCUT2D eigenvalue weighted by Crippen LogP contribution is 2.12. The molecule has 0 radical (unpaired) electrons. The Morgan fingerprint density at radius 2 is 1.50 bits per heavy atom. The molecule has 7 heteroatoms. The fourth-order valence-corrected chi connectivity index (χ4v) is 2.71. The molecule has 0 fully saturated rings. The topological polar surface area (TPSA) is 40.5 Å². The van der Waals surface area contributed by atoms with E-state index in [9.17, 15) is 13.2 Å². The lowest BCUT2D eigenvalue weighted by molar-refractivity contribution is 0.415. The maximum absolute atomic E-state index is 13.5. The molecule has 0 atom stereocenters. The Morgan fingerprint density at radius 1 is 1.00 bits per heavy atom. The van der Waals surface area contributed by atoms with Crippen LogP contribution in [0.25, 0.3) is 0 Å². The predicted molar refractivity (Wildman–Crippen MR) is 59.1 cm³/mol. The average Bonchev–Trinajstić information content (AvgIpc) is 2.11. The first kappa shape index (κ1) is 13.3. The van der Waals surface area contributed by atoms with Crippen molar-refractivity contribution < 1.29 is 23.2 Å². The summed E-state index contributed by atoms with van der Waals surface area (Å²) in [5.74, 6) is -4.43. The summed E-state index contributed by atoms with van der Waals surface area (Å²) in [5.41, 5.74) is -0.628. The van der Waals surface area contributed by atoms with Gasteiger partial charge in [-0.15, -0.1) is 0 Å². The van der Waals surface area contributed by atoms with E-state index in [1.54, 1.807) is 19.6 Å². The van der Waals surface area contributed by atoms with E-state index in [0.29, 0.717) is 0 Å². The maximum atomic E-state index is 13.5. The monoisotopic (exact) mass is 248 g/mol. The zero-order chi connectivity index (χ0) is 12.7. The van der Waals surface area contributed by atoms with Gasteiger partial charge in [0.25, 0.3) is 0 Å². The summed E-state index contributed by atoms with van der Waals surface area (Å²) in [6, 6.07) is 0.991. The minimum Gasteiger partial charge on any atom is -0.423 e. The Bertz CT molecular complexity index is 418. The minimum atomic E-state index is -2.21. The summed E-state index contributed by atoms with van der Waals surface area (Å²) in [7, 11) is -4.36. The molecule has 0 aliphatic rings. The van der Waals surface area contributed by atoms with Gasteiger partial charge in [-0.1, -0.05) is 25.7 Å². The molecule has 1 rings (SSSR count). The van der Waals surface area contributed by atoms with Gasteiger partial charge in [-0.2, -0.15) is 0 Å². The van der Waals surface area contributed by atoms with E-state index in [0.717, 1.165) is 6.07 Å². The largest absolute Gasteiger partial charge is 0.491 e. The van der Waals surface area contributed by atoms with Gasteiger partial charge in [-0.25, -0.2) is 13.2 Å². The predicted octanol–water partition coefficient (Wildman–Crippen LogP) is 0.329. The molecule has 0 aliphatic carbocycles. The van der Waals surface area contributed by atoms with Crippen LogP contribution in [0.3, 0.4) is 0 Å². The van der Waals surface area contributed by atoms with Crippen LogP contribution in [0.2, 0.25) is 19.6 Å². The molecule has 1 aromatic carbocycles. The van der Waals surface area contributed by atoms with Gasteiger partial charge in [0.05, 0.1) is 8.07 Å². The molecule has 2 nitrogen and oxygen atoms in total. The quantitative estimate of drug-likeness (QED) is 0.585. The molecular formula is C9H12BF3O2Si. The van der Waals surface area contributed by atoms with Gasteiger partial charge in [0, 0.05) is 5.46 Å². The van der Waals surface area contributed by atoms with Crippen LogP contribution in [0.1, 0.15) is 0 Å². The highest BCUT2D eigenvalue weighted by atomic mass is 28.3. The van der Waals surface area contributed by atoms with Crippen molar-refractivity contribution in [2.45, 2.75) is 19.6 Å². The lowest BCUT2D eigenvalue weighted by Gasteiger charge is -2.19. The van der Waals surface area contributed by atoms with Crippen molar-refractivity contribution in [2.24, 2.45) is 0 Å². The van der Waals surface area contributed by atoms with Gasteiger partial charge < -0.3 is 10.0 Å². The average molecular weight is 248 g/mol. The second-order valence-corrected chi connectivity index (χ2v) is 9.62. The van der Waals surface area contributed by atoms with Crippen LogP contribution in [0.5, 0.6) is 0 Å². The first-order valence-corrected chi connectivity index (χ1v) is 8.20. The lowest BCUT2D eigenvalue weighted by Crippen LogP contribution is -2.46. The van der Waals surface area contributed by atoms with Crippen molar-refractivity contribution in [3.63, 3.8) is 0 Å². The Balaban J connectivity index is 3.54. The summed E-state index contributed by atoms with van der Waals surface area (Å²) >= 11 is 0. The van der Waals surface area contributed by atoms with E-state index in [4.69, 9.17) is 10.0 Å². The molecule has 0 saturated heterocycles. The van der Waals surface area contributed by atoms with Crippen LogP contribution in [0.15, 0.2) is 6.07 Å². The van der Waals surface area contributed by atoms with Crippen molar-refractivity contribution in [3.05, 3.63) is 23.5 Å². The van der Waals surface area contributed by atoms with E-state index in [2.05, 4.69) is 0 Å². The molecule has 0 aromatic heterocycles. The Hall–Kier alpha value is -0.788. The maximum Gasteiger partial charge on any atom is 0.491 e. The van der Waals surface area contributed by atoms with Crippen molar-refractivity contribution in [3.8, 4) is 0 Å². The van der Waals surface area contributed by atoms with Crippen LogP contribution >= 0.6 is 0 Å². The summed E-state index contributed by atoms with van der Waals surface area (Å²) in [6.45, 7) is 5.24. The zero-order valence-electron chi connectivity index (χ0n) is 9.18. The number of rotatable bonds is 2. The molecular weight excluding hydrogens is 236 g/mol. The van der Waals surface area contributed by atoms with Crippen LogP contribution in [0, 0.1) is 17.5 Å². The Labute approximate surface area is 92.9 Å². The molecule has 0 aliphatic heterocycles. The Morgan fingerprint density at radius 3 is 1.88 bits per heavy atom. The summed E-state index contributed by atoms with van der Waals surface area (Å²) in [4.78, 5) is 0. The van der Waals surface area contributed by atoms with Gasteiger partial charge in [-0.3, -0.25) is 0 Å². The Kier molecular flexibility index (Phi) is 3.51. The lowest BCUT2D eigenvalue weighted by atomic mass is 9.80. The van der Waals surface area contributed by atoms with E-state index in [1.807, 2.05) is 0 Å². The van der Waals surface area contributed by atoms with Gasteiger partial charge in [0.2, 0.25) is 0 Å². The number of halogens is 3. The molecule has 0 amide bonds. The molecule has 0 unspecified atom stereocenters. The third kappa shape index (κ3) is 2.31. The van der Waals surface area contributed by atoms with E-state index in [1.165, 1.54) is 0 Å². The summed E-state index contributed by atoms with van der Waals surface area (Å²) < 4.78 is 39.8. The molecule has 0 heterocycles. The van der Waals surface area contributed by atoms with Gasteiger partial charge in [0.15, 0.2) is 17.5 Å². The first-order valence-electron chi connectivity index (χ1n) is 4.70. The van der Waals surface area contributed by atoms with Crippen molar-refractivity contribution in [2.75, 3.05) is 0 Å². The second-order valence-electron chi connectivity index (χ2n) is 4.58. The van der Waals surface area contributed by atoms with E-state index >= 15 is 0 Å². The van der Waals surface area contributed by atoms with Crippen LogP contribution in [-0.4, -0.2) is 25.2 Å². The van der Waals surface area contributed by atoms with Crippen LogP contribution < -0.4 is 10.6 Å². The molecule has 88 valence electrons. The summed E-state index contributed by atoms with van der Waals surface area (Å²) in [5, 5.41) is 17.7. The van der Waals surface area contributed by atoms with Crippen molar-refractivity contribution >= 4 is 25.8 Å². The molecule has 2 N–H and O–H groups in total. The molecule has 0 bridgehead atoms. The van der Waals surface area contributed by atoms with E-state index < -0.39 is 38.1 Å². The fraction of sp³-hybridized carbons (Fsp3) is 0.333. The van der Waals surface area contributed by atoms with Crippen molar-refractivity contribution in [1.29, 1.82) is 0 Å². The first-order chi connectivity index (χ1) is 7.16. The molecule has 1 aromatic rings. The minimum absolute atomic E-state index is 0.0366. The van der Waals surface area contributed by atoms with Gasteiger partial charge in [0.1, 0.15) is 0 Å². The summed E-state index contributed by atoms with van der Waals surface area (Å²) in [6.07, 6.45) is 0. The third-order valence-corrected chi connectivity index (χ3v) is 4.24. The highest BCUT2D eigenvalue weighted by molar-refractivity contribution is 6.89. The standard InChI is InChI=1S/C9H12BF3O2Si/c1-16(2,3)6-4-5(10(14)15)7(11)9(13)8(6)12/h4,14-15H,1-3H3. The normalized spacial score (nSPS) is 11.8.